The molecule has 0 saturated carbocycles. The number of anilines is 2. The fourth-order valence-corrected chi connectivity index (χ4v) is 3.15. The standard InChI is InChI=1S/C23H22N6O2/c1-15(2)26-23(31)28-18-8-4-3-7-17(18)22(30)27-16-11-12-21(24-13-16)29-14-25-19-9-5-6-10-20(19)29/h3-15H,1-2H3,(H,27,30)(H2,26,28,31). The van der Waals surface area contributed by atoms with E-state index < -0.39 is 0 Å². The molecule has 2 aromatic carbocycles. The smallest absolute Gasteiger partial charge is 0.319 e. The van der Waals surface area contributed by atoms with Crippen LogP contribution in [0.25, 0.3) is 16.9 Å². The molecule has 31 heavy (non-hydrogen) atoms. The lowest BCUT2D eigenvalue weighted by Crippen LogP contribution is -2.34. The third-order valence-corrected chi connectivity index (χ3v) is 4.55. The third-order valence-electron chi connectivity index (χ3n) is 4.55. The number of nitrogens with one attached hydrogen (secondary N) is 3. The van der Waals surface area contributed by atoms with E-state index in [1.807, 2.05) is 48.7 Å². The zero-order chi connectivity index (χ0) is 21.8. The van der Waals surface area contributed by atoms with E-state index in [2.05, 4.69) is 25.9 Å². The molecule has 0 atom stereocenters. The molecule has 4 aromatic rings. The minimum Gasteiger partial charge on any atom is -0.336 e. The van der Waals surface area contributed by atoms with Crippen LogP contribution in [0.5, 0.6) is 0 Å². The highest BCUT2D eigenvalue weighted by molar-refractivity contribution is 6.09. The van der Waals surface area contributed by atoms with Gasteiger partial charge in [0.05, 0.1) is 34.2 Å². The second-order valence-corrected chi connectivity index (χ2v) is 7.26. The van der Waals surface area contributed by atoms with Crippen molar-refractivity contribution < 1.29 is 9.59 Å². The summed E-state index contributed by atoms with van der Waals surface area (Å²) in [6.07, 6.45) is 3.30. The van der Waals surface area contributed by atoms with Crippen LogP contribution in [0.2, 0.25) is 0 Å². The summed E-state index contributed by atoms with van der Waals surface area (Å²) in [6.45, 7) is 3.73. The van der Waals surface area contributed by atoms with Crippen LogP contribution < -0.4 is 16.0 Å². The van der Waals surface area contributed by atoms with Crippen molar-refractivity contribution in [3.05, 3.63) is 78.8 Å². The van der Waals surface area contributed by atoms with E-state index in [0.29, 0.717) is 22.8 Å². The van der Waals surface area contributed by atoms with Gasteiger partial charge in [-0.3, -0.25) is 9.36 Å². The molecule has 0 radical (unpaired) electrons. The molecule has 8 nitrogen and oxygen atoms in total. The number of nitrogens with zero attached hydrogens (tertiary/aromatic N) is 3. The Morgan fingerprint density at radius 1 is 0.903 bits per heavy atom. The van der Waals surface area contributed by atoms with Gasteiger partial charge in [0.15, 0.2) is 0 Å². The summed E-state index contributed by atoms with van der Waals surface area (Å²) in [6, 6.07) is 17.8. The van der Waals surface area contributed by atoms with E-state index in [1.54, 1.807) is 42.9 Å². The van der Waals surface area contributed by atoms with Crippen molar-refractivity contribution in [2.24, 2.45) is 0 Å². The Morgan fingerprint density at radius 2 is 1.68 bits per heavy atom. The molecule has 0 fully saturated rings. The number of rotatable bonds is 5. The van der Waals surface area contributed by atoms with Crippen molar-refractivity contribution in [1.82, 2.24) is 19.9 Å². The number of pyridine rings is 1. The van der Waals surface area contributed by atoms with Crippen LogP contribution >= 0.6 is 0 Å². The topological polar surface area (TPSA) is 101 Å². The summed E-state index contributed by atoms with van der Waals surface area (Å²) in [5, 5.41) is 8.28. The van der Waals surface area contributed by atoms with Crippen LogP contribution in [0.3, 0.4) is 0 Å². The Bertz CT molecular complexity index is 1230. The Kier molecular flexibility index (Phi) is 5.61. The number of hydrogen-bond donors (Lipinski definition) is 3. The molecular weight excluding hydrogens is 392 g/mol. The predicted molar refractivity (Wildman–Crippen MR) is 121 cm³/mol. The number of benzene rings is 2. The monoisotopic (exact) mass is 414 g/mol. The summed E-state index contributed by atoms with van der Waals surface area (Å²) >= 11 is 0. The first-order chi connectivity index (χ1) is 15.0. The van der Waals surface area contributed by atoms with Crippen molar-refractivity contribution in [2.75, 3.05) is 10.6 Å². The van der Waals surface area contributed by atoms with E-state index in [4.69, 9.17) is 0 Å². The number of carbonyl (C=O) groups excluding carboxylic acids is 2. The Morgan fingerprint density at radius 3 is 2.45 bits per heavy atom. The van der Waals surface area contributed by atoms with E-state index in [-0.39, 0.29) is 18.0 Å². The van der Waals surface area contributed by atoms with Gasteiger partial charge in [0, 0.05) is 6.04 Å². The minimum atomic E-state index is -0.367. The molecule has 3 N–H and O–H groups in total. The molecule has 0 aliphatic carbocycles. The highest BCUT2D eigenvalue weighted by atomic mass is 16.2. The average molecular weight is 414 g/mol. The molecule has 0 bridgehead atoms. The maximum absolute atomic E-state index is 12.8. The van der Waals surface area contributed by atoms with Crippen LogP contribution in [0.1, 0.15) is 24.2 Å². The number of fused-ring (bicyclic) bond motifs is 1. The van der Waals surface area contributed by atoms with Crippen LogP contribution in [0.4, 0.5) is 16.2 Å². The second kappa shape index (κ2) is 8.66. The Hall–Kier alpha value is -4.20. The first kappa shape index (κ1) is 20.1. The van der Waals surface area contributed by atoms with Gasteiger partial charge in [-0.2, -0.15) is 0 Å². The summed E-state index contributed by atoms with van der Waals surface area (Å²) < 4.78 is 1.88. The summed E-state index contributed by atoms with van der Waals surface area (Å²) in [4.78, 5) is 33.6. The highest BCUT2D eigenvalue weighted by Crippen LogP contribution is 2.20. The molecule has 0 unspecified atom stereocenters. The third kappa shape index (κ3) is 4.53. The summed E-state index contributed by atoms with van der Waals surface area (Å²) in [7, 11) is 0. The van der Waals surface area contributed by atoms with Gasteiger partial charge in [0.1, 0.15) is 12.1 Å². The molecule has 8 heteroatoms. The average Bonchev–Trinajstić information content (AvgIpc) is 3.18. The molecule has 0 aliphatic heterocycles. The summed E-state index contributed by atoms with van der Waals surface area (Å²) in [5.74, 6) is 0.349. The number of carbonyl (C=O) groups is 2. The van der Waals surface area contributed by atoms with E-state index in [0.717, 1.165) is 11.0 Å². The number of para-hydroxylation sites is 3. The first-order valence-corrected chi connectivity index (χ1v) is 9.87. The first-order valence-electron chi connectivity index (χ1n) is 9.87. The normalized spacial score (nSPS) is 10.8. The molecule has 3 amide bonds. The van der Waals surface area contributed by atoms with Crippen molar-refractivity contribution >= 4 is 34.3 Å². The number of aromatic nitrogens is 3. The van der Waals surface area contributed by atoms with E-state index in [9.17, 15) is 9.59 Å². The predicted octanol–water partition coefficient (Wildman–Crippen LogP) is 4.20. The lowest BCUT2D eigenvalue weighted by molar-refractivity contribution is 0.102. The lowest BCUT2D eigenvalue weighted by Gasteiger charge is -2.13. The maximum Gasteiger partial charge on any atom is 0.319 e. The fourth-order valence-electron chi connectivity index (χ4n) is 3.15. The quantitative estimate of drug-likeness (QED) is 0.455. The fraction of sp³-hybridized carbons (Fsp3) is 0.130. The van der Waals surface area contributed by atoms with E-state index in [1.165, 1.54) is 0 Å². The van der Waals surface area contributed by atoms with Crippen molar-refractivity contribution in [3.63, 3.8) is 0 Å². The van der Waals surface area contributed by atoms with Gasteiger partial charge in [-0.15, -0.1) is 0 Å². The van der Waals surface area contributed by atoms with Gasteiger partial charge in [-0.05, 0) is 50.2 Å². The maximum atomic E-state index is 12.8. The van der Waals surface area contributed by atoms with Crippen molar-refractivity contribution in [1.29, 1.82) is 0 Å². The van der Waals surface area contributed by atoms with Crippen LogP contribution in [-0.2, 0) is 0 Å². The van der Waals surface area contributed by atoms with Crippen LogP contribution in [0, 0.1) is 0 Å². The molecule has 156 valence electrons. The Labute approximate surface area is 179 Å². The molecule has 2 heterocycles. The van der Waals surface area contributed by atoms with Gasteiger partial charge < -0.3 is 16.0 Å². The van der Waals surface area contributed by atoms with Crippen LogP contribution in [-0.4, -0.2) is 32.5 Å². The minimum absolute atomic E-state index is 0.0156. The van der Waals surface area contributed by atoms with E-state index >= 15 is 0 Å². The number of amides is 3. The van der Waals surface area contributed by atoms with Gasteiger partial charge >= 0.3 is 6.03 Å². The van der Waals surface area contributed by atoms with Crippen molar-refractivity contribution in [3.8, 4) is 5.82 Å². The van der Waals surface area contributed by atoms with Gasteiger partial charge in [-0.25, -0.2) is 14.8 Å². The largest absolute Gasteiger partial charge is 0.336 e. The van der Waals surface area contributed by atoms with Gasteiger partial charge in [0.2, 0.25) is 0 Å². The zero-order valence-electron chi connectivity index (χ0n) is 17.2. The second-order valence-electron chi connectivity index (χ2n) is 7.26. The molecular formula is C23H22N6O2. The highest BCUT2D eigenvalue weighted by Gasteiger charge is 2.14. The molecule has 0 spiro atoms. The summed E-state index contributed by atoms with van der Waals surface area (Å²) in [5.41, 5.74) is 3.15. The van der Waals surface area contributed by atoms with Gasteiger partial charge in [-0.1, -0.05) is 24.3 Å². The number of imidazole rings is 1. The number of urea groups is 1. The van der Waals surface area contributed by atoms with Gasteiger partial charge in [0.25, 0.3) is 5.91 Å². The lowest BCUT2D eigenvalue weighted by atomic mass is 10.1. The SMILES string of the molecule is CC(C)NC(=O)Nc1ccccc1C(=O)Nc1ccc(-n2cnc3ccccc32)nc1. The molecule has 4 rings (SSSR count). The molecule has 0 saturated heterocycles. The molecule has 0 aliphatic rings. The van der Waals surface area contributed by atoms with Crippen molar-refractivity contribution in [2.45, 2.75) is 19.9 Å². The molecule has 2 aromatic heterocycles. The number of hydrogen-bond acceptors (Lipinski definition) is 4. The zero-order valence-corrected chi connectivity index (χ0v) is 17.2. The van der Waals surface area contributed by atoms with Crippen LogP contribution in [0.15, 0.2) is 73.2 Å². The Balaban J connectivity index is 1.50.